The summed E-state index contributed by atoms with van der Waals surface area (Å²) in [6.45, 7) is 4.82. The lowest BCUT2D eigenvalue weighted by atomic mass is 9.86. The summed E-state index contributed by atoms with van der Waals surface area (Å²) in [5, 5.41) is 15.2. The van der Waals surface area contributed by atoms with Crippen molar-refractivity contribution < 1.29 is 5.21 Å². The molecule has 0 amide bonds. The molecule has 1 rings (SSSR count). The Kier molecular flexibility index (Phi) is 5.67. The standard InChI is InChI=1S/C15H26N4O/c1-15(2,14(16)18-20)10-5-11-17-12-6-8-13(9-7-12)19(3)4/h6-9,17,20H,5,10-11H2,1-4H3,(H2,16,18). The number of amidine groups is 1. The third-order valence-corrected chi connectivity index (χ3v) is 3.49. The molecule has 4 N–H and O–H groups in total. The second-order valence-electron chi connectivity index (χ2n) is 5.84. The van der Waals surface area contributed by atoms with E-state index in [0.29, 0.717) is 0 Å². The van der Waals surface area contributed by atoms with Crippen LogP contribution in [0.5, 0.6) is 0 Å². The summed E-state index contributed by atoms with van der Waals surface area (Å²) in [6, 6.07) is 8.32. The molecule has 0 aromatic heterocycles. The van der Waals surface area contributed by atoms with E-state index in [1.165, 1.54) is 5.69 Å². The van der Waals surface area contributed by atoms with E-state index >= 15 is 0 Å². The molecule has 0 bridgehead atoms. The number of oxime groups is 1. The molecular weight excluding hydrogens is 252 g/mol. The summed E-state index contributed by atoms with van der Waals surface area (Å²) < 4.78 is 0. The highest BCUT2D eigenvalue weighted by atomic mass is 16.4. The summed E-state index contributed by atoms with van der Waals surface area (Å²) in [7, 11) is 4.05. The first-order chi connectivity index (χ1) is 9.36. The highest BCUT2D eigenvalue weighted by Crippen LogP contribution is 2.22. The SMILES string of the molecule is CN(C)c1ccc(NCCCC(C)(C)C(N)=NO)cc1. The Bertz CT molecular complexity index is 438. The molecule has 0 fully saturated rings. The second-order valence-corrected chi connectivity index (χ2v) is 5.84. The predicted octanol–water partition coefficient (Wildman–Crippen LogP) is 2.72. The van der Waals surface area contributed by atoms with Crippen LogP contribution in [0.15, 0.2) is 29.4 Å². The first-order valence-corrected chi connectivity index (χ1v) is 6.86. The van der Waals surface area contributed by atoms with Crippen LogP contribution in [-0.4, -0.2) is 31.7 Å². The number of nitrogens with zero attached hydrogens (tertiary/aromatic N) is 2. The van der Waals surface area contributed by atoms with Crippen LogP contribution in [0, 0.1) is 5.41 Å². The summed E-state index contributed by atoms with van der Waals surface area (Å²) in [4.78, 5) is 2.07. The average Bonchev–Trinajstić information content (AvgIpc) is 2.43. The Hall–Kier alpha value is -1.91. The maximum absolute atomic E-state index is 8.72. The third kappa shape index (κ3) is 4.64. The first-order valence-electron chi connectivity index (χ1n) is 6.86. The van der Waals surface area contributed by atoms with Crippen LogP contribution in [0.4, 0.5) is 11.4 Å². The van der Waals surface area contributed by atoms with E-state index in [9.17, 15) is 0 Å². The van der Waals surface area contributed by atoms with Crippen molar-refractivity contribution in [2.24, 2.45) is 16.3 Å². The van der Waals surface area contributed by atoms with Gasteiger partial charge >= 0.3 is 0 Å². The summed E-state index contributed by atoms with van der Waals surface area (Å²) in [6.07, 6.45) is 1.82. The van der Waals surface area contributed by atoms with E-state index in [1.807, 2.05) is 27.9 Å². The Morgan fingerprint density at radius 1 is 1.30 bits per heavy atom. The van der Waals surface area contributed by atoms with Crippen molar-refractivity contribution in [1.29, 1.82) is 0 Å². The molecule has 0 spiro atoms. The van der Waals surface area contributed by atoms with Gasteiger partial charge in [0, 0.05) is 37.4 Å². The molecule has 0 unspecified atom stereocenters. The topological polar surface area (TPSA) is 73.9 Å². The minimum absolute atomic E-state index is 0.273. The molecule has 0 radical (unpaired) electrons. The van der Waals surface area contributed by atoms with E-state index in [2.05, 4.69) is 39.6 Å². The predicted molar refractivity (Wildman–Crippen MR) is 85.7 cm³/mol. The molecular formula is C15H26N4O. The van der Waals surface area contributed by atoms with Crippen LogP contribution in [0.3, 0.4) is 0 Å². The fraction of sp³-hybridized carbons (Fsp3) is 0.533. The van der Waals surface area contributed by atoms with Crippen LogP contribution in [0.1, 0.15) is 26.7 Å². The molecule has 0 atom stereocenters. The number of hydrogen-bond acceptors (Lipinski definition) is 4. The number of rotatable bonds is 7. The van der Waals surface area contributed by atoms with Gasteiger partial charge in [-0.05, 0) is 37.1 Å². The second kappa shape index (κ2) is 7.03. The Morgan fingerprint density at radius 2 is 1.90 bits per heavy atom. The number of nitrogens with one attached hydrogen (secondary N) is 1. The zero-order chi connectivity index (χ0) is 15.2. The van der Waals surface area contributed by atoms with Gasteiger partial charge in [0.2, 0.25) is 0 Å². The monoisotopic (exact) mass is 278 g/mol. The van der Waals surface area contributed by atoms with Crippen molar-refractivity contribution >= 4 is 17.2 Å². The molecule has 0 saturated carbocycles. The summed E-state index contributed by atoms with van der Waals surface area (Å²) in [5.41, 5.74) is 7.68. The Morgan fingerprint density at radius 3 is 2.40 bits per heavy atom. The molecule has 0 aliphatic heterocycles. The number of anilines is 2. The van der Waals surface area contributed by atoms with Gasteiger partial charge in [-0.3, -0.25) is 0 Å². The Balaban J connectivity index is 2.38. The lowest BCUT2D eigenvalue weighted by Gasteiger charge is -2.22. The number of hydrogen-bond donors (Lipinski definition) is 3. The molecule has 0 heterocycles. The highest BCUT2D eigenvalue weighted by molar-refractivity contribution is 5.85. The van der Waals surface area contributed by atoms with Crippen molar-refractivity contribution in [2.75, 3.05) is 30.9 Å². The molecule has 0 saturated heterocycles. The molecule has 0 aliphatic rings. The molecule has 0 aliphatic carbocycles. The van der Waals surface area contributed by atoms with E-state index in [-0.39, 0.29) is 11.3 Å². The maximum atomic E-state index is 8.72. The summed E-state index contributed by atoms with van der Waals surface area (Å²) >= 11 is 0. The van der Waals surface area contributed by atoms with Crippen LogP contribution < -0.4 is 16.0 Å². The number of nitrogens with two attached hydrogens (primary N) is 1. The van der Waals surface area contributed by atoms with Gasteiger partial charge < -0.3 is 21.2 Å². The lowest BCUT2D eigenvalue weighted by Crippen LogP contribution is -2.32. The fourth-order valence-electron chi connectivity index (χ4n) is 1.90. The van der Waals surface area contributed by atoms with Gasteiger partial charge in [-0.2, -0.15) is 0 Å². The molecule has 5 heteroatoms. The summed E-state index contributed by atoms with van der Waals surface area (Å²) in [5.74, 6) is 0.285. The van der Waals surface area contributed by atoms with Crippen LogP contribution in [0.25, 0.3) is 0 Å². The van der Waals surface area contributed by atoms with E-state index in [4.69, 9.17) is 10.9 Å². The minimum atomic E-state index is -0.273. The Labute approximate surface area is 121 Å². The maximum Gasteiger partial charge on any atom is 0.144 e. The van der Waals surface area contributed by atoms with E-state index in [1.54, 1.807) is 0 Å². The van der Waals surface area contributed by atoms with Gasteiger partial charge in [0.25, 0.3) is 0 Å². The van der Waals surface area contributed by atoms with Gasteiger partial charge in [-0.25, -0.2) is 0 Å². The number of benzene rings is 1. The zero-order valence-corrected chi connectivity index (χ0v) is 12.8. The van der Waals surface area contributed by atoms with Crippen molar-refractivity contribution in [2.45, 2.75) is 26.7 Å². The van der Waals surface area contributed by atoms with E-state index < -0.39 is 0 Å². The van der Waals surface area contributed by atoms with E-state index in [0.717, 1.165) is 25.1 Å². The van der Waals surface area contributed by atoms with Gasteiger partial charge in [-0.15, -0.1) is 0 Å². The molecule has 1 aromatic rings. The molecule has 1 aromatic carbocycles. The van der Waals surface area contributed by atoms with Gasteiger partial charge in [0.15, 0.2) is 0 Å². The van der Waals surface area contributed by atoms with Crippen molar-refractivity contribution in [3.63, 3.8) is 0 Å². The van der Waals surface area contributed by atoms with Gasteiger partial charge in [0.1, 0.15) is 5.84 Å². The van der Waals surface area contributed by atoms with Crippen molar-refractivity contribution in [1.82, 2.24) is 0 Å². The zero-order valence-electron chi connectivity index (χ0n) is 12.8. The van der Waals surface area contributed by atoms with Crippen LogP contribution in [-0.2, 0) is 0 Å². The molecule has 20 heavy (non-hydrogen) atoms. The van der Waals surface area contributed by atoms with Crippen LogP contribution >= 0.6 is 0 Å². The highest BCUT2D eigenvalue weighted by Gasteiger charge is 2.22. The van der Waals surface area contributed by atoms with Gasteiger partial charge in [-0.1, -0.05) is 19.0 Å². The smallest absolute Gasteiger partial charge is 0.144 e. The molecule has 5 nitrogen and oxygen atoms in total. The first kappa shape index (κ1) is 16.1. The van der Waals surface area contributed by atoms with Crippen LogP contribution in [0.2, 0.25) is 0 Å². The van der Waals surface area contributed by atoms with Gasteiger partial charge in [0.05, 0.1) is 0 Å². The van der Waals surface area contributed by atoms with Crippen molar-refractivity contribution in [3.8, 4) is 0 Å². The quantitative estimate of drug-likeness (QED) is 0.236. The fourth-order valence-corrected chi connectivity index (χ4v) is 1.90. The lowest BCUT2D eigenvalue weighted by molar-refractivity contribution is 0.305. The largest absolute Gasteiger partial charge is 0.409 e. The minimum Gasteiger partial charge on any atom is -0.409 e. The van der Waals surface area contributed by atoms with Crippen molar-refractivity contribution in [3.05, 3.63) is 24.3 Å². The molecule has 112 valence electrons. The normalized spacial score (nSPS) is 12.3. The average molecular weight is 278 g/mol. The third-order valence-electron chi connectivity index (χ3n) is 3.49.